The Labute approximate surface area is 53.7 Å². The summed E-state index contributed by atoms with van der Waals surface area (Å²) in [5.41, 5.74) is 0. The number of rotatable bonds is 0. The first-order valence-corrected chi connectivity index (χ1v) is 28.6. The van der Waals surface area contributed by atoms with Gasteiger partial charge in [0.25, 0.3) is 0 Å². The topological polar surface area (TPSA) is 0 Å². The van der Waals surface area contributed by atoms with E-state index in [2.05, 4.69) is 35.2 Å². The molecule has 0 fully saturated rings. The van der Waals surface area contributed by atoms with Crippen LogP contribution in [0, 0.1) is 20.9 Å². The van der Waals surface area contributed by atoms with Gasteiger partial charge >= 0.3 is 56.1 Å². The average Bonchev–Trinajstić information content (AvgIpc) is 0.722. The van der Waals surface area contributed by atoms with Gasteiger partial charge in [0.2, 0.25) is 0 Å². The molecular formula is Br4Ce. The third-order valence-corrected chi connectivity index (χ3v) is 0. The van der Waals surface area contributed by atoms with Crippen molar-refractivity contribution >= 4 is 35.2 Å². The second-order valence-corrected chi connectivity index (χ2v) is 84.2. The molecule has 0 aromatic heterocycles. The minimum atomic E-state index is -2.03. The van der Waals surface area contributed by atoms with Crippen LogP contribution in [0.15, 0.2) is 0 Å². The van der Waals surface area contributed by atoms with E-state index in [4.69, 9.17) is 0 Å². The Morgan fingerprint density at radius 3 is 0.800 bits per heavy atom. The first-order valence-electron chi connectivity index (χ1n) is 0.756. The maximum absolute atomic E-state index is 3.35. The summed E-state index contributed by atoms with van der Waals surface area (Å²) in [6, 6.07) is 0. The van der Waals surface area contributed by atoms with Crippen LogP contribution in [0.4, 0.5) is 0 Å². The Morgan fingerprint density at radius 1 is 0.800 bits per heavy atom. The Kier molecular flexibility index (Phi) is 5.55. The van der Waals surface area contributed by atoms with Gasteiger partial charge in [-0.3, -0.25) is 0 Å². The predicted octanol–water partition coefficient (Wildman–Crippen LogP) is 3.38. The van der Waals surface area contributed by atoms with Crippen molar-refractivity contribution in [3.05, 3.63) is 0 Å². The normalized spacial score (nSPS) is 12.0. The van der Waals surface area contributed by atoms with Crippen molar-refractivity contribution in [1.82, 2.24) is 0 Å². The molecule has 0 radical (unpaired) electrons. The molecular weight excluding hydrogens is 460 g/mol. The van der Waals surface area contributed by atoms with Crippen molar-refractivity contribution in [2.75, 3.05) is 0 Å². The molecule has 0 nitrogen and oxygen atoms in total. The van der Waals surface area contributed by atoms with Gasteiger partial charge in [0.1, 0.15) is 0 Å². The van der Waals surface area contributed by atoms with Gasteiger partial charge in [-0.05, 0) is 0 Å². The zero-order valence-electron chi connectivity index (χ0n) is 2.01. The molecule has 0 aliphatic rings. The van der Waals surface area contributed by atoms with Gasteiger partial charge in [0.05, 0.1) is 0 Å². The average molecular weight is 460 g/mol. The fourth-order valence-electron chi connectivity index (χ4n) is 0. The van der Waals surface area contributed by atoms with Crippen LogP contribution >= 0.6 is 35.2 Å². The van der Waals surface area contributed by atoms with Crippen molar-refractivity contribution in [2.45, 2.75) is 0 Å². The van der Waals surface area contributed by atoms with Crippen molar-refractivity contribution in [3.63, 3.8) is 0 Å². The second-order valence-electron chi connectivity index (χ2n) is 0.429. The van der Waals surface area contributed by atoms with Gasteiger partial charge in [-0.2, -0.15) is 0 Å². The van der Waals surface area contributed by atoms with E-state index in [1.165, 1.54) is 0 Å². The Bertz CT molecular complexity index is 19.1. The molecule has 0 aliphatic carbocycles. The third kappa shape index (κ3) is 18.8. The van der Waals surface area contributed by atoms with Crippen LogP contribution in [-0.4, -0.2) is 0 Å². The molecule has 32 valence electrons. The van der Waals surface area contributed by atoms with Crippen LogP contribution in [0.25, 0.3) is 0 Å². The predicted molar refractivity (Wildman–Crippen MR) is 35.7 cm³/mol. The molecule has 0 unspecified atom stereocenters. The second kappa shape index (κ2) is 3.35. The summed E-state index contributed by atoms with van der Waals surface area (Å²) in [5.74, 6) is 0. The molecule has 0 amide bonds. The summed E-state index contributed by atoms with van der Waals surface area (Å²) >= 11 is -2.03. The fraction of sp³-hybridized carbons (Fsp3) is 0. The first-order chi connectivity index (χ1) is 2.00. The molecule has 5 heavy (non-hydrogen) atoms. The van der Waals surface area contributed by atoms with Crippen LogP contribution in [0.1, 0.15) is 0 Å². The monoisotopic (exact) mass is 456 g/mol. The van der Waals surface area contributed by atoms with Crippen LogP contribution in [0.2, 0.25) is 0 Å². The molecule has 0 saturated heterocycles. The van der Waals surface area contributed by atoms with Gasteiger partial charge in [-0.15, -0.1) is 0 Å². The minimum absolute atomic E-state index is 2.03. The van der Waals surface area contributed by atoms with E-state index in [1.807, 2.05) is 0 Å². The summed E-state index contributed by atoms with van der Waals surface area (Å²) in [4.78, 5) is 0. The summed E-state index contributed by atoms with van der Waals surface area (Å²) in [5, 5.41) is 0. The first kappa shape index (κ1) is 8.30. The zero-order valence-corrected chi connectivity index (χ0v) is 11.5. The summed E-state index contributed by atoms with van der Waals surface area (Å²) in [6.07, 6.45) is 0. The Hall–Kier alpha value is 3.30. The number of halogens is 4. The molecule has 0 bridgehead atoms. The van der Waals surface area contributed by atoms with Gasteiger partial charge in [0.15, 0.2) is 0 Å². The van der Waals surface area contributed by atoms with Crippen LogP contribution in [0.5, 0.6) is 0 Å². The standard InChI is InChI=1S/4BrH.Ce/h4*1H;/q;;;;+4/p-4. The summed E-state index contributed by atoms with van der Waals surface area (Å²) in [6.45, 7) is 0. The van der Waals surface area contributed by atoms with E-state index in [9.17, 15) is 0 Å². The molecule has 0 rings (SSSR count). The van der Waals surface area contributed by atoms with Crippen LogP contribution in [-0.2, 0) is 0 Å². The van der Waals surface area contributed by atoms with E-state index < -0.39 is 20.9 Å². The van der Waals surface area contributed by atoms with Gasteiger partial charge in [0, 0.05) is 0 Å². The molecule has 0 aliphatic heterocycles. The zero-order chi connectivity index (χ0) is 4.50. The Balaban J connectivity index is 3.02. The molecule has 0 atom stereocenters. The molecule has 5 heteroatoms. The molecule has 0 aromatic carbocycles. The number of hydrogen-bond acceptors (Lipinski definition) is 0. The molecule has 0 aromatic rings. The van der Waals surface area contributed by atoms with Crippen molar-refractivity contribution in [1.29, 1.82) is 0 Å². The maximum atomic E-state index is 3.35. The molecule has 0 spiro atoms. The van der Waals surface area contributed by atoms with E-state index in [0.717, 1.165) is 0 Å². The van der Waals surface area contributed by atoms with Gasteiger partial charge in [-0.25, -0.2) is 0 Å². The van der Waals surface area contributed by atoms with E-state index in [0.29, 0.717) is 0 Å². The van der Waals surface area contributed by atoms with E-state index in [1.54, 1.807) is 0 Å². The van der Waals surface area contributed by atoms with Crippen LogP contribution < -0.4 is 0 Å². The summed E-state index contributed by atoms with van der Waals surface area (Å²) in [7, 11) is 13.4. The number of hydrogen-bond donors (Lipinski definition) is 0. The van der Waals surface area contributed by atoms with Crippen molar-refractivity contribution in [3.8, 4) is 0 Å². The van der Waals surface area contributed by atoms with Crippen LogP contribution in [0.3, 0.4) is 0 Å². The SMILES string of the molecule is [Br][Ce]([Br])([Br])[Br]. The molecule has 0 saturated carbocycles. The van der Waals surface area contributed by atoms with E-state index in [-0.39, 0.29) is 0 Å². The fourth-order valence-corrected chi connectivity index (χ4v) is 0. The van der Waals surface area contributed by atoms with E-state index >= 15 is 0 Å². The van der Waals surface area contributed by atoms with Crippen molar-refractivity contribution < 1.29 is 20.9 Å². The van der Waals surface area contributed by atoms with Gasteiger partial charge in [-0.1, -0.05) is 0 Å². The van der Waals surface area contributed by atoms with Gasteiger partial charge < -0.3 is 0 Å². The third-order valence-electron chi connectivity index (χ3n) is 0. The molecule has 0 N–H and O–H groups in total. The molecule has 0 heterocycles. The van der Waals surface area contributed by atoms with Crippen molar-refractivity contribution in [2.24, 2.45) is 0 Å². The quantitative estimate of drug-likeness (QED) is 0.521. The Morgan fingerprint density at radius 2 is 0.800 bits per heavy atom. The summed E-state index contributed by atoms with van der Waals surface area (Å²) < 4.78 is 0.